The molecule has 1 aromatic rings. The molecule has 1 aromatic heterocycles. The molecule has 0 aromatic carbocycles. The lowest BCUT2D eigenvalue weighted by Gasteiger charge is -2.12. The molecule has 0 aliphatic carbocycles. The van der Waals surface area contributed by atoms with Gasteiger partial charge in [0.1, 0.15) is 11.9 Å². The Kier molecular flexibility index (Phi) is 3.28. The minimum Gasteiger partial charge on any atom is -0.397 e. The topological polar surface area (TPSA) is 77.2 Å². The summed E-state index contributed by atoms with van der Waals surface area (Å²) < 4.78 is 5.49. The van der Waals surface area contributed by atoms with Gasteiger partial charge < -0.3 is 15.8 Å². The van der Waals surface area contributed by atoms with Gasteiger partial charge in [0.15, 0.2) is 0 Å². The maximum atomic E-state index is 11.9. The number of hydrogen-bond donors (Lipinski definition) is 2. The van der Waals surface area contributed by atoms with Crippen LogP contribution in [0, 0.1) is 6.92 Å². The monoisotopic (exact) mass is 235 g/mol. The average Bonchev–Trinajstić information content (AvgIpc) is 2.69. The third kappa shape index (κ3) is 2.74. The first-order valence-corrected chi connectivity index (χ1v) is 5.74. The van der Waals surface area contributed by atoms with Crippen molar-refractivity contribution in [1.82, 2.24) is 4.98 Å². The van der Waals surface area contributed by atoms with Crippen molar-refractivity contribution >= 4 is 17.4 Å². The highest BCUT2D eigenvalue weighted by Gasteiger charge is 2.28. The molecular weight excluding hydrogens is 218 g/mol. The lowest BCUT2D eigenvalue weighted by atomic mass is 10.2. The number of anilines is 2. The lowest BCUT2D eigenvalue weighted by molar-refractivity contribution is -0.126. The van der Waals surface area contributed by atoms with Gasteiger partial charge in [-0.15, -0.1) is 0 Å². The zero-order chi connectivity index (χ0) is 12.4. The molecule has 1 fully saturated rings. The maximum absolute atomic E-state index is 11.9. The van der Waals surface area contributed by atoms with Crippen molar-refractivity contribution in [3.8, 4) is 0 Å². The van der Waals surface area contributed by atoms with Crippen molar-refractivity contribution in [2.24, 2.45) is 0 Å². The summed E-state index contributed by atoms with van der Waals surface area (Å²) >= 11 is 0. The fourth-order valence-electron chi connectivity index (χ4n) is 1.92. The van der Waals surface area contributed by atoms with Crippen LogP contribution < -0.4 is 11.1 Å². The number of nitrogens with zero attached hydrogens (tertiary/aromatic N) is 1. The Morgan fingerprint density at radius 3 is 2.94 bits per heavy atom. The number of nitrogens with two attached hydrogens (primary N) is 1. The highest BCUT2D eigenvalue weighted by Crippen LogP contribution is 2.21. The van der Waals surface area contributed by atoms with E-state index in [1.54, 1.807) is 6.07 Å². The molecule has 1 aliphatic rings. The summed E-state index contributed by atoms with van der Waals surface area (Å²) in [7, 11) is 0. The molecule has 3 N–H and O–H groups in total. The molecular formula is C12H17N3O2. The Balaban J connectivity index is 2.03. The number of amides is 1. The number of hydrogen-bond acceptors (Lipinski definition) is 4. The number of nitrogens with one attached hydrogen (secondary N) is 1. The predicted molar refractivity (Wildman–Crippen MR) is 65.6 cm³/mol. The number of carbonyl (C=O) groups is 1. The molecule has 0 spiro atoms. The predicted octanol–water partition coefficient (Wildman–Crippen LogP) is 1.48. The molecule has 5 heteroatoms. The quantitative estimate of drug-likeness (QED) is 0.814. The molecule has 2 rings (SSSR count). The standard InChI is InChI=1S/C12H17N3O2/c1-7-5-9(13)6-14-11(7)15-12(16)10-4-3-8(2)17-10/h5-6,8,10H,3-4,13H2,1-2H3,(H,14,15,16). The molecule has 92 valence electrons. The molecule has 1 saturated heterocycles. The number of rotatable bonds is 2. The van der Waals surface area contributed by atoms with Crippen LogP contribution in [0.25, 0.3) is 0 Å². The summed E-state index contributed by atoms with van der Waals surface area (Å²) in [5.41, 5.74) is 7.04. The number of aryl methyl sites for hydroxylation is 1. The van der Waals surface area contributed by atoms with Crippen molar-refractivity contribution < 1.29 is 9.53 Å². The van der Waals surface area contributed by atoms with Crippen LogP contribution in [0.2, 0.25) is 0 Å². The molecule has 1 aliphatic heterocycles. The van der Waals surface area contributed by atoms with Crippen molar-refractivity contribution in [1.29, 1.82) is 0 Å². The molecule has 5 nitrogen and oxygen atoms in total. The Morgan fingerprint density at radius 2 is 2.35 bits per heavy atom. The van der Waals surface area contributed by atoms with E-state index in [-0.39, 0.29) is 18.1 Å². The number of ether oxygens (including phenoxy) is 1. The number of aromatic nitrogens is 1. The average molecular weight is 235 g/mol. The highest BCUT2D eigenvalue weighted by molar-refractivity contribution is 5.94. The molecule has 1 amide bonds. The van der Waals surface area contributed by atoms with Crippen LogP contribution in [0.3, 0.4) is 0 Å². The van der Waals surface area contributed by atoms with Gasteiger partial charge in [0.05, 0.1) is 18.0 Å². The van der Waals surface area contributed by atoms with Crippen molar-refractivity contribution in [3.63, 3.8) is 0 Å². The minimum absolute atomic E-state index is 0.130. The van der Waals surface area contributed by atoms with E-state index < -0.39 is 0 Å². The van der Waals surface area contributed by atoms with Gasteiger partial charge >= 0.3 is 0 Å². The molecule has 2 unspecified atom stereocenters. The zero-order valence-corrected chi connectivity index (χ0v) is 10.1. The number of carbonyl (C=O) groups excluding carboxylic acids is 1. The third-order valence-corrected chi connectivity index (χ3v) is 2.87. The van der Waals surface area contributed by atoms with Crippen LogP contribution in [-0.2, 0) is 9.53 Å². The van der Waals surface area contributed by atoms with Gasteiger partial charge in [-0.25, -0.2) is 4.98 Å². The maximum Gasteiger partial charge on any atom is 0.254 e. The van der Waals surface area contributed by atoms with Crippen LogP contribution >= 0.6 is 0 Å². The van der Waals surface area contributed by atoms with Gasteiger partial charge in [-0.3, -0.25) is 4.79 Å². The second kappa shape index (κ2) is 4.71. The number of pyridine rings is 1. The lowest BCUT2D eigenvalue weighted by Crippen LogP contribution is -2.28. The Labute approximate surface area is 100 Å². The fraction of sp³-hybridized carbons (Fsp3) is 0.500. The molecule has 0 saturated carbocycles. The molecule has 2 heterocycles. The van der Waals surface area contributed by atoms with E-state index in [4.69, 9.17) is 10.5 Å². The normalized spacial score (nSPS) is 23.6. The van der Waals surface area contributed by atoms with E-state index >= 15 is 0 Å². The van der Waals surface area contributed by atoms with Gasteiger partial charge in [-0.1, -0.05) is 0 Å². The first kappa shape index (κ1) is 11.9. The molecule has 0 radical (unpaired) electrons. The fourth-order valence-corrected chi connectivity index (χ4v) is 1.92. The summed E-state index contributed by atoms with van der Waals surface area (Å²) in [6.45, 7) is 3.83. The van der Waals surface area contributed by atoms with E-state index in [1.165, 1.54) is 6.20 Å². The van der Waals surface area contributed by atoms with Crippen LogP contribution in [0.15, 0.2) is 12.3 Å². The summed E-state index contributed by atoms with van der Waals surface area (Å²) in [6, 6.07) is 1.78. The van der Waals surface area contributed by atoms with Crippen LogP contribution in [0.1, 0.15) is 25.3 Å². The largest absolute Gasteiger partial charge is 0.397 e. The van der Waals surface area contributed by atoms with Gasteiger partial charge in [0.2, 0.25) is 0 Å². The highest BCUT2D eigenvalue weighted by atomic mass is 16.5. The van der Waals surface area contributed by atoms with Gasteiger partial charge in [0.25, 0.3) is 5.91 Å². The summed E-state index contributed by atoms with van der Waals surface area (Å²) in [5, 5.41) is 2.77. The van der Waals surface area contributed by atoms with E-state index in [2.05, 4.69) is 10.3 Å². The first-order chi connectivity index (χ1) is 8.06. The molecule has 0 bridgehead atoms. The van der Waals surface area contributed by atoms with Crippen LogP contribution in [0.5, 0.6) is 0 Å². The van der Waals surface area contributed by atoms with Crippen LogP contribution in [-0.4, -0.2) is 23.1 Å². The van der Waals surface area contributed by atoms with Gasteiger partial charge in [0, 0.05) is 0 Å². The third-order valence-electron chi connectivity index (χ3n) is 2.87. The minimum atomic E-state index is -0.358. The first-order valence-electron chi connectivity index (χ1n) is 5.74. The van der Waals surface area contributed by atoms with E-state index in [9.17, 15) is 4.79 Å². The zero-order valence-electron chi connectivity index (χ0n) is 10.1. The Bertz CT molecular complexity index is 434. The Hall–Kier alpha value is -1.62. The molecule has 2 atom stereocenters. The Morgan fingerprint density at radius 1 is 1.59 bits per heavy atom. The summed E-state index contributed by atoms with van der Waals surface area (Å²) in [6.07, 6.45) is 3.02. The molecule has 17 heavy (non-hydrogen) atoms. The van der Waals surface area contributed by atoms with E-state index in [1.807, 2.05) is 13.8 Å². The van der Waals surface area contributed by atoms with Crippen LogP contribution in [0.4, 0.5) is 11.5 Å². The second-order valence-electron chi connectivity index (χ2n) is 4.44. The smallest absolute Gasteiger partial charge is 0.254 e. The van der Waals surface area contributed by atoms with Crippen molar-refractivity contribution in [2.75, 3.05) is 11.1 Å². The summed E-state index contributed by atoms with van der Waals surface area (Å²) in [5.74, 6) is 0.419. The van der Waals surface area contributed by atoms with Crippen molar-refractivity contribution in [3.05, 3.63) is 17.8 Å². The number of nitrogen functional groups attached to an aromatic ring is 1. The van der Waals surface area contributed by atoms with Gasteiger partial charge in [-0.05, 0) is 38.3 Å². The summed E-state index contributed by atoms with van der Waals surface area (Å²) in [4.78, 5) is 16.0. The second-order valence-corrected chi connectivity index (χ2v) is 4.44. The van der Waals surface area contributed by atoms with Crippen molar-refractivity contribution in [2.45, 2.75) is 38.9 Å². The van der Waals surface area contributed by atoms with E-state index in [0.29, 0.717) is 11.5 Å². The van der Waals surface area contributed by atoms with E-state index in [0.717, 1.165) is 18.4 Å². The van der Waals surface area contributed by atoms with Gasteiger partial charge in [-0.2, -0.15) is 0 Å². The SMILES string of the molecule is Cc1cc(N)cnc1NC(=O)C1CCC(C)O1.